The van der Waals surface area contributed by atoms with Gasteiger partial charge < -0.3 is 0 Å². The normalized spacial score (nSPS) is 55.3. The summed E-state index contributed by atoms with van der Waals surface area (Å²) >= 11 is 0. The Labute approximate surface area is 145 Å². The van der Waals surface area contributed by atoms with E-state index in [2.05, 4.69) is 6.92 Å². The largest absolute Gasteiger partial charge is 0.300 e. The number of carbonyl (C=O) groups excluding carboxylic acids is 2. The molecule has 0 aromatic heterocycles. The number of hydrogen-bond donors (Lipinski definition) is 0. The lowest BCUT2D eigenvalue weighted by Crippen LogP contribution is -2.51. The van der Waals surface area contributed by atoms with Crippen LogP contribution in [0.1, 0.15) is 77.5 Å². The first-order valence-corrected chi connectivity index (χ1v) is 9.22. The van der Waals surface area contributed by atoms with E-state index in [0.717, 1.165) is 38.5 Å². The highest BCUT2D eigenvalue weighted by Crippen LogP contribution is 2.66. The molecule has 0 aliphatic heterocycles. The number of Topliss-reactive ketones (excluding diaryl/α,β-unsaturated/α-hetero) is 1. The average Bonchev–Trinajstić information content (AvgIpc) is 2.86. The van der Waals surface area contributed by atoms with Gasteiger partial charge in [-0.05, 0) is 86.5 Å². The fourth-order valence-corrected chi connectivity index (χ4v) is 6.74. The number of rotatable bonds is 1. The van der Waals surface area contributed by atoms with Crippen LogP contribution < -0.4 is 0 Å². The molecule has 0 amide bonds. The van der Waals surface area contributed by atoms with Gasteiger partial charge in [0.1, 0.15) is 5.78 Å². The molecule has 0 spiro atoms. The molecule has 4 aliphatic carbocycles. The van der Waals surface area contributed by atoms with Crippen molar-refractivity contribution in [2.75, 3.05) is 0 Å². The molecule has 6 atom stereocenters. The number of ketones is 2. The molecule has 2 nitrogen and oxygen atoms in total. The maximum absolute atomic E-state index is 12.7. The zero-order chi connectivity index (χ0) is 19.8. The Balaban J connectivity index is 1.68. The third-order valence-corrected chi connectivity index (χ3v) is 8.02. The third kappa shape index (κ3) is 2.06. The van der Waals surface area contributed by atoms with Crippen LogP contribution in [0.25, 0.3) is 0 Å². The summed E-state index contributed by atoms with van der Waals surface area (Å²) in [5, 5.41) is 0. The van der Waals surface area contributed by atoms with E-state index in [1.807, 2.05) is 13.0 Å². The molecule has 3 saturated carbocycles. The number of allylic oxidation sites excluding steroid dienone is 1. The smallest absolute Gasteiger partial charge is 0.155 e. The summed E-state index contributed by atoms with van der Waals surface area (Å²) in [6.45, 7) is 1.62. The van der Waals surface area contributed by atoms with Crippen LogP contribution in [0.4, 0.5) is 0 Å². The zero-order valence-corrected chi connectivity index (χ0v) is 14.3. The first-order valence-electron chi connectivity index (χ1n) is 11.2. The summed E-state index contributed by atoms with van der Waals surface area (Å²) < 4.78 is 31.8. The second kappa shape index (κ2) is 5.04. The van der Waals surface area contributed by atoms with Crippen molar-refractivity contribution >= 4 is 11.6 Å². The highest BCUT2D eigenvalue weighted by Gasteiger charge is 2.59. The molecule has 0 heterocycles. The molecule has 126 valence electrons. The van der Waals surface area contributed by atoms with E-state index < -0.39 is 23.9 Å². The van der Waals surface area contributed by atoms with Crippen molar-refractivity contribution in [1.29, 1.82) is 0 Å². The minimum atomic E-state index is -2.70. The van der Waals surface area contributed by atoms with Gasteiger partial charge in [0.05, 0.1) is 0 Å². The Kier molecular flexibility index (Phi) is 2.54. The van der Waals surface area contributed by atoms with Gasteiger partial charge in [0.15, 0.2) is 5.78 Å². The Morgan fingerprint density at radius 2 is 2.00 bits per heavy atom. The van der Waals surface area contributed by atoms with Gasteiger partial charge in [-0.25, -0.2) is 0 Å². The molecule has 0 aromatic rings. The van der Waals surface area contributed by atoms with Gasteiger partial charge in [0.25, 0.3) is 0 Å². The summed E-state index contributed by atoms with van der Waals surface area (Å²) in [5.41, 5.74) is 0.804. The SMILES string of the molecule is [2H]C([2H])([2H])C(=O)[C@@]1([2H])CCC2C3CCC4=CC(=O)CC[C@]4(C)C3CC[C@@]21C. The highest BCUT2D eigenvalue weighted by atomic mass is 16.1. The van der Waals surface area contributed by atoms with Crippen LogP contribution in [-0.4, -0.2) is 11.6 Å². The van der Waals surface area contributed by atoms with E-state index in [-0.39, 0.29) is 17.1 Å². The molecule has 2 heteroatoms. The number of carbonyl (C=O) groups is 2. The van der Waals surface area contributed by atoms with Gasteiger partial charge in [0, 0.05) is 17.8 Å². The predicted molar refractivity (Wildman–Crippen MR) is 90.9 cm³/mol. The predicted octanol–water partition coefficient (Wildman–Crippen LogP) is 4.72. The molecule has 4 aliphatic rings. The molecule has 3 fully saturated rings. The van der Waals surface area contributed by atoms with Crippen molar-refractivity contribution in [3.8, 4) is 0 Å². The number of fused-ring (bicyclic) bond motifs is 5. The average molecular weight is 318 g/mol. The summed E-state index contributed by atoms with van der Waals surface area (Å²) in [6, 6.07) is 0. The summed E-state index contributed by atoms with van der Waals surface area (Å²) in [7, 11) is 0. The fourth-order valence-electron chi connectivity index (χ4n) is 6.74. The van der Waals surface area contributed by atoms with Crippen molar-refractivity contribution in [2.24, 2.45) is 34.5 Å². The topological polar surface area (TPSA) is 34.1 Å². The second-order valence-electron chi connectivity index (χ2n) is 8.77. The van der Waals surface area contributed by atoms with Gasteiger partial charge in [0.2, 0.25) is 0 Å². The first-order chi connectivity index (χ1) is 12.4. The molecule has 0 saturated heterocycles. The van der Waals surface area contributed by atoms with Crippen LogP contribution in [0.5, 0.6) is 0 Å². The van der Waals surface area contributed by atoms with Gasteiger partial charge in [-0.2, -0.15) is 0 Å². The van der Waals surface area contributed by atoms with Gasteiger partial charge in [-0.3, -0.25) is 9.59 Å². The Bertz CT molecular complexity index is 726. The van der Waals surface area contributed by atoms with Crippen LogP contribution in [0.2, 0.25) is 0 Å². The van der Waals surface area contributed by atoms with E-state index >= 15 is 0 Å². The first kappa shape index (κ1) is 11.6. The van der Waals surface area contributed by atoms with Crippen molar-refractivity contribution in [3.63, 3.8) is 0 Å². The minimum Gasteiger partial charge on any atom is -0.300 e. The van der Waals surface area contributed by atoms with Crippen molar-refractivity contribution in [2.45, 2.75) is 72.1 Å². The van der Waals surface area contributed by atoms with E-state index in [4.69, 9.17) is 5.48 Å². The molecule has 3 unspecified atom stereocenters. The molecule has 23 heavy (non-hydrogen) atoms. The Hall–Kier alpha value is -0.920. The molecule has 4 rings (SSSR count). The summed E-state index contributed by atoms with van der Waals surface area (Å²) in [6.07, 6.45) is 8.13. The van der Waals surface area contributed by atoms with Gasteiger partial charge in [-0.1, -0.05) is 19.4 Å². The Morgan fingerprint density at radius 1 is 1.17 bits per heavy atom. The summed E-state index contributed by atoms with van der Waals surface area (Å²) in [4.78, 5) is 24.7. The summed E-state index contributed by atoms with van der Waals surface area (Å²) in [5.74, 6) is -0.964. The van der Waals surface area contributed by atoms with Crippen molar-refractivity contribution in [3.05, 3.63) is 11.6 Å². The van der Waals surface area contributed by atoms with Crippen molar-refractivity contribution < 1.29 is 15.1 Å². The van der Waals surface area contributed by atoms with Crippen LogP contribution in [0.3, 0.4) is 0 Å². The zero-order valence-electron chi connectivity index (χ0n) is 18.3. The van der Waals surface area contributed by atoms with E-state index in [0.29, 0.717) is 24.7 Å². The van der Waals surface area contributed by atoms with Crippen LogP contribution in [0.15, 0.2) is 11.6 Å². The maximum atomic E-state index is 12.7. The maximum Gasteiger partial charge on any atom is 0.155 e. The standard InChI is InChI=1S/C21H30O2/c1-13(22)17-6-7-18-16-5-4-14-12-15(23)8-10-20(14,2)19(16)9-11-21(17,18)3/h12,16-19H,4-11H2,1-3H3/t16?,17-,18?,19?,20+,21-/m1/s1/i1D3,17D. The molecule has 0 aromatic carbocycles. The lowest BCUT2D eigenvalue weighted by atomic mass is 9.47. The van der Waals surface area contributed by atoms with Gasteiger partial charge in [-0.15, -0.1) is 0 Å². The quantitative estimate of drug-likeness (QED) is 0.701. The monoisotopic (exact) mass is 318 g/mol. The Morgan fingerprint density at radius 3 is 2.78 bits per heavy atom. The lowest BCUT2D eigenvalue weighted by molar-refractivity contribution is -0.128. The molecular formula is C21H30O2. The minimum absolute atomic E-state index is 0.0550. The highest BCUT2D eigenvalue weighted by molar-refractivity contribution is 5.91. The van der Waals surface area contributed by atoms with Crippen LogP contribution >= 0.6 is 0 Å². The van der Waals surface area contributed by atoms with Crippen LogP contribution in [0, 0.1) is 34.5 Å². The van der Waals surface area contributed by atoms with E-state index in [1.165, 1.54) is 5.57 Å². The van der Waals surface area contributed by atoms with E-state index in [1.54, 1.807) is 0 Å². The second-order valence-corrected chi connectivity index (χ2v) is 8.77. The fraction of sp³-hybridized carbons (Fsp3) is 0.810. The molecule has 0 N–H and O–H groups in total. The third-order valence-electron chi connectivity index (χ3n) is 8.02. The number of hydrogen-bond acceptors (Lipinski definition) is 2. The van der Waals surface area contributed by atoms with E-state index in [9.17, 15) is 9.59 Å². The van der Waals surface area contributed by atoms with Gasteiger partial charge >= 0.3 is 0 Å². The molecule has 0 bridgehead atoms. The van der Waals surface area contributed by atoms with Crippen molar-refractivity contribution in [1.82, 2.24) is 0 Å². The molecular weight excluding hydrogens is 284 g/mol. The molecule has 0 radical (unpaired) electrons. The van der Waals surface area contributed by atoms with Crippen LogP contribution in [-0.2, 0) is 9.59 Å². The lowest BCUT2D eigenvalue weighted by Gasteiger charge is -2.58.